The van der Waals surface area contributed by atoms with Crippen molar-refractivity contribution in [2.24, 2.45) is 0 Å². The van der Waals surface area contributed by atoms with Crippen LogP contribution in [-0.2, 0) is 0 Å². The van der Waals surface area contributed by atoms with Gasteiger partial charge >= 0.3 is 0 Å². The molecule has 3 nitrogen and oxygen atoms in total. The molecule has 2 N–H and O–H groups in total. The van der Waals surface area contributed by atoms with E-state index in [9.17, 15) is 0 Å². The van der Waals surface area contributed by atoms with Gasteiger partial charge in [-0.1, -0.05) is 6.07 Å². The number of thiophene rings is 1. The molecule has 13 heavy (non-hydrogen) atoms. The summed E-state index contributed by atoms with van der Waals surface area (Å²) >= 11 is 6.50. The van der Waals surface area contributed by atoms with Crippen molar-refractivity contribution >= 4 is 35.7 Å². The maximum atomic E-state index is 4.82. The highest BCUT2D eigenvalue weighted by atomic mass is 32.1. The number of hydrogen-bond donors (Lipinski definition) is 2. The Hall–Kier alpha value is -1.20. The molecule has 2 heterocycles. The first kappa shape index (κ1) is 8.40. The fourth-order valence-corrected chi connectivity index (χ4v) is 1.68. The van der Waals surface area contributed by atoms with Crippen LogP contribution in [0.25, 0.3) is 12.2 Å². The van der Waals surface area contributed by atoms with Gasteiger partial charge in [-0.05, 0) is 35.8 Å². The van der Waals surface area contributed by atoms with Gasteiger partial charge in [-0.15, -0.1) is 11.3 Å². The van der Waals surface area contributed by atoms with Crippen molar-refractivity contribution in [2.75, 3.05) is 0 Å². The first-order valence-corrected chi connectivity index (χ1v) is 5.00. The molecule has 0 radical (unpaired) electrons. The van der Waals surface area contributed by atoms with Crippen LogP contribution in [0.15, 0.2) is 17.5 Å². The summed E-state index contributed by atoms with van der Waals surface area (Å²) in [5, 5.41) is 7.61. The number of aromatic amines is 2. The van der Waals surface area contributed by atoms with Crippen molar-refractivity contribution in [1.29, 1.82) is 0 Å². The predicted octanol–water partition coefficient (Wildman–Crippen LogP) is 2.70. The highest BCUT2D eigenvalue weighted by molar-refractivity contribution is 7.71. The molecule has 0 aliphatic heterocycles. The SMILES string of the molecule is S=c1nc(C=Cc2cccs2)[nH][nH]1. The van der Waals surface area contributed by atoms with E-state index >= 15 is 0 Å². The average molecular weight is 209 g/mol. The number of nitrogens with zero attached hydrogens (tertiary/aromatic N) is 1. The smallest absolute Gasteiger partial charge is 0.213 e. The van der Waals surface area contributed by atoms with Gasteiger partial charge in [0.1, 0.15) is 5.82 Å². The molecule has 0 atom stereocenters. The van der Waals surface area contributed by atoms with Crippen LogP contribution in [0, 0.1) is 4.77 Å². The Labute approximate surface area is 84.1 Å². The Morgan fingerprint density at radius 2 is 2.31 bits per heavy atom. The Bertz CT molecular complexity index is 450. The first-order chi connectivity index (χ1) is 6.34. The van der Waals surface area contributed by atoms with Crippen molar-refractivity contribution in [1.82, 2.24) is 15.2 Å². The number of rotatable bonds is 2. The maximum Gasteiger partial charge on any atom is 0.213 e. The first-order valence-electron chi connectivity index (χ1n) is 3.71. The summed E-state index contributed by atoms with van der Waals surface area (Å²) in [6.07, 6.45) is 3.88. The summed E-state index contributed by atoms with van der Waals surface area (Å²) < 4.78 is 0.478. The van der Waals surface area contributed by atoms with Gasteiger partial charge in [0.05, 0.1) is 0 Å². The lowest BCUT2D eigenvalue weighted by Gasteiger charge is -1.81. The number of nitrogens with one attached hydrogen (secondary N) is 2. The van der Waals surface area contributed by atoms with Crippen molar-refractivity contribution < 1.29 is 0 Å². The second-order valence-corrected chi connectivity index (χ2v) is 3.77. The van der Waals surface area contributed by atoms with Crippen LogP contribution in [0.4, 0.5) is 0 Å². The minimum absolute atomic E-state index is 0.478. The van der Waals surface area contributed by atoms with Crippen LogP contribution in [0.1, 0.15) is 10.7 Å². The van der Waals surface area contributed by atoms with Crippen LogP contribution < -0.4 is 0 Å². The third kappa shape index (κ3) is 2.13. The fourth-order valence-electron chi connectivity index (χ4n) is 0.909. The predicted molar refractivity (Wildman–Crippen MR) is 57.0 cm³/mol. The number of H-pyrrole nitrogens is 2. The van der Waals surface area contributed by atoms with E-state index in [4.69, 9.17) is 12.2 Å². The van der Waals surface area contributed by atoms with E-state index in [2.05, 4.69) is 15.2 Å². The molecule has 0 unspecified atom stereocenters. The Balaban J connectivity index is 2.19. The third-order valence-electron chi connectivity index (χ3n) is 1.47. The van der Waals surface area contributed by atoms with Gasteiger partial charge in [0.25, 0.3) is 0 Å². The molecule has 0 fully saturated rings. The molecular weight excluding hydrogens is 202 g/mol. The van der Waals surface area contributed by atoms with Gasteiger partial charge in [-0.2, -0.15) is 0 Å². The molecule has 0 aliphatic rings. The van der Waals surface area contributed by atoms with E-state index in [1.807, 2.05) is 29.7 Å². The molecule has 66 valence electrons. The highest BCUT2D eigenvalue weighted by Crippen LogP contribution is 2.11. The van der Waals surface area contributed by atoms with Crippen molar-refractivity contribution in [2.45, 2.75) is 0 Å². The highest BCUT2D eigenvalue weighted by Gasteiger charge is 1.90. The second kappa shape index (κ2) is 3.68. The maximum absolute atomic E-state index is 4.82. The van der Waals surface area contributed by atoms with Gasteiger partial charge in [0.2, 0.25) is 4.77 Å². The Morgan fingerprint density at radius 3 is 2.92 bits per heavy atom. The van der Waals surface area contributed by atoms with Gasteiger partial charge in [0, 0.05) is 4.88 Å². The minimum atomic E-state index is 0.478. The number of hydrogen-bond acceptors (Lipinski definition) is 3. The van der Waals surface area contributed by atoms with Gasteiger partial charge in [-0.25, -0.2) is 4.98 Å². The summed E-state index contributed by atoms with van der Waals surface area (Å²) in [5.41, 5.74) is 0. The van der Waals surface area contributed by atoms with Gasteiger partial charge in [0.15, 0.2) is 0 Å². The van der Waals surface area contributed by atoms with Crippen LogP contribution >= 0.6 is 23.6 Å². The van der Waals surface area contributed by atoms with E-state index in [1.54, 1.807) is 11.3 Å². The molecule has 2 aromatic rings. The molecule has 0 spiro atoms. The molecule has 0 aromatic carbocycles. The van der Waals surface area contributed by atoms with E-state index in [-0.39, 0.29) is 0 Å². The summed E-state index contributed by atoms with van der Waals surface area (Å²) in [4.78, 5) is 5.23. The normalized spacial score (nSPS) is 11.1. The zero-order chi connectivity index (χ0) is 9.10. The van der Waals surface area contributed by atoms with Crippen LogP contribution in [0.3, 0.4) is 0 Å². The summed E-state index contributed by atoms with van der Waals surface area (Å²) in [7, 11) is 0. The Kier molecular flexibility index (Phi) is 2.37. The molecule has 0 saturated heterocycles. The average Bonchev–Trinajstić information content (AvgIpc) is 2.71. The largest absolute Gasteiger partial charge is 0.282 e. The van der Waals surface area contributed by atoms with E-state index in [0.29, 0.717) is 4.77 Å². The molecule has 2 rings (SSSR count). The van der Waals surface area contributed by atoms with E-state index < -0.39 is 0 Å². The lowest BCUT2D eigenvalue weighted by atomic mass is 10.4. The standard InChI is InChI=1S/C8H7N3S2/c12-8-9-7(10-11-8)4-3-6-2-1-5-13-6/h1-5H,(H2,9,10,11,12). The fraction of sp³-hybridized carbons (Fsp3) is 0. The summed E-state index contributed by atoms with van der Waals surface area (Å²) in [6.45, 7) is 0. The topological polar surface area (TPSA) is 44.5 Å². The molecule has 0 bridgehead atoms. The Morgan fingerprint density at radius 1 is 1.38 bits per heavy atom. The summed E-state index contributed by atoms with van der Waals surface area (Å²) in [5.74, 6) is 0.749. The third-order valence-corrected chi connectivity index (χ3v) is 2.50. The molecule has 0 amide bonds. The van der Waals surface area contributed by atoms with Gasteiger partial charge < -0.3 is 0 Å². The van der Waals surface area contributed by atoms with E-state index in [0.717, 1.165) is 5.82 Å². The minimum Gasteiger partial charge on any atom is -0.282 e. The van der Waals surface area contributed by atoms with Crippen LogP contribution in [0.5, 0.6) is 0 Å². The molecule has 2 aromatic heterocycles. The number of aromatic nitrogens is 3. The molecular formula is C8H7N3S2. The zero-order valence-corrected chi connectivity index (χ0v) is 8.28. The van der Waals surface area contributed by atoms with Crippen molar-refractivity contribution in [3.05, 3.63) is 33.0 Å². The molecule has 5 heteroatoms. The monoisotopic (exact) mass is 209 g/mol. The molecule has 0 saturated carbocycles. The van der Waals surface area contributed by atoms with Crippen molar-refractivity contribution in [3.63, 3.8) is 0 Å². The quantitative estimate of drug-likeness (QED) is 0.747. The van der Waals surface area contributed by atoms with Crippen molar-refractivity contribution in [3.8, 4) is 0 Å². The van der Waals surface area contributed by atoms with Crippen LogP contribution in [0.2, 0.25) is 0 Å². The molecule has 0 aliphatic carbocycles. The zero-order valence-electron chi connectivity index (χ0n) is 6.65. The lowest BCUT2D eigenvalue weighted by Crippen LogP contribution is -1.72. The summed E-state index contributed by atoms with van der Waals surface area (Å²) in [6, 6.07) is 4.06. The lowest BCUT2D eigenvalue weighted by molar-refractivity contribution is 1.07. The van der Waals surface area contributed by atoms with Crippen LogP contribution in [-0.4, -0.2) is 15.2 Å². The second-order valence-electron chi connectivity index (χ2n) is 2.40. The van der Waals surface area contributed by atoms with Gasteiger partial charge in [-0.3, -0.25) is 10.2 Å². The van der Waals surface area contributed by atoms with E-state index in [1.165, 1.54) is 4.88 Å².